The summed E-state index contributed by atoms with van der Waals surface area (Å²) in [5.41, 5.74) is 0. The first-order chi connectivity index (χ1) is 10.7. The van der Waals surface area contributed by atoms with Gasteiger partial charge in [0.1, 0.15) is 12.4 Å². The second-order valence-electron chi connectivity index (χ2n) is 6.81. The molecule has 1 fully saturated rings. The Balaban J connectivity index is 0.00000192. The van der Waals surface area contributed by atoms with E-state index < -0.39 is 0 Å². The summed E-state index contributed by atoms with van der Waals surface area (Å²) in [6.07, 6.45) is 3.55. The van der Waals surface area contributed by atoms with Crippen molar-refractivity contribution in [2.75, 3.05) is 19.6 Å². The Labute approximate surface area is 156 Å². The van der Waals surface area contributed by atoms with Crippen LogP contribution in [0.5, 0.6) is 0 Å². The van der Waals surface area contributed by atoms with Crippen molar-refractivity contribution in [3.8, 4) is 0 Å². The van der Waals surface area contributed by atoms with Crippen LogP contribution in [0.1, 0.15) is 45.3 Å². The molecule has 0 amide bonds. The Morgan fingerprint density at radius 1 is 1.26 bits per heavy atom. The number of halogens is 1. The summed E-state index contributed by atoms with van der Waals surface area (Å²) >= 11 is 0. The molecule has 0 aliphatic carbocycles. The number of guanidine groups is 1. The highest BCUT2D eigenvalue weighted by Crippen LogP contribution is 2.21. The molecule has 2 aliphatic rings. The zero-order valence-corrected chi connectivity index (χ0v) is 16.8. The minimum atomic E-state index is 0. The molecule has 1 aromatic rings. The summed E-state index contributed by atoms with van der Waals surface area (Å²) in [4.78, 5) is 7.24. The summed E-state index contributed by atoms with van der Waals surface area (Å²) in [6, 6.07) is 0. The summed E-state index contributed by atoms with van der Waals surface area (Å²) in [7, 11) is 0. The van der Waals surface area contributed by atoms with Crippen LogP contribution in [-0.4, -0.2) is 45.3 Å². The smallest absolute Gasteiger partial charge is 0.194 e. The summed E-state index contributed by atoms with van der Waals surface area (Å²) in [5.74, 6) is 4.60. The zero-order chi connectivity index (χ0) is 15.5. The third-order valence-electron chi connectivity index (χ3n) is 4.56. The maximum absolute atomic E-state index is 4.83. The first-order valence-corrected chi connectivity index (χ1v) is 8.61. The quantitative estimate of drug-likeness (QED) is 0.453. The molecule has 1 N–H and O–H groups in total. The Hall–Kier alpha value is -0.860. The van der Waals surface area contributed by atoms with Crippen LogP contribution >= 0.6 is 24.0 Å². The van der Waals surface area contributed by atoms with Gasteiger partial charge in [-0.15, -0.1) is 34.2 Å². The molecule has 2 aliphatic heterocycles. The van der Waals surface area contributed by atoms with Gasteiger partial charge < -0.3 is 14.8 Å². The van der Waals surface area contributed by atoms with Crippen LogP contribution in [0.4, 0.5) is 0 Å². The van der Waals surface area contributed by atoms with Gasteiger partial charge in [0.2, 0.25) is 0 Å². The van der Waals surface area contributed by atoms with Crippen LogP contribution in [0.15, 0.2) is 4.99 Å². The highest BCUT2D eigenvalue weighted by atomic mass is 127. The fraction of sp³-hybridized carbons (Fsp3) is 0.812. The fourth-order valence-electron chi connectivity index (χ4n) is 3.73. The molecule has 6 nitrogen and oxygen atoms in total. The SMILES string of the molecule is CCNC(=NCc1nnc2n1CCC2)N1CC(C)CC(C)C1.I. The topological polar surface area (TPSA) is 58.3 Å². The van der Waals surface area contributed by atoms with Crippen LogP contribution in [0, 0.1) is 11.8 Å². The lowest BCUT2D eigenvalue weighted by molar-refractivity contribution is 0.208. The molecular weight excluding hydrogens is 403 g/mol. The van der Waals surface area contributed by atoms with E-state index in [4.69, 9.17) is 4.99 Å². The van der Waals surface area contributed by atoms with Crippen molar-refractivity contribution in [3.05, 3.63) is 11.6 Å². The second kappa shape index (κ2) is 8.30. The van der Waals surface area contributed by atoms with Crippen molar-refractivity contribution >= 4 is 29.9 Å². The summed E-state index contributed by atoms with van der Waals surface area (Å²) < 4.78 is 2.23. The molecule has 23 heavy (non-hydrogen) atoms. The number of rotatable bonds is 3. The molecule has 130 valence electrons. The molecule has 0 spiro atoms. The van der Waals surface area contributed by atoms with Crippen LogP contribution in [0.25, 0.3) is 0 Å². The number of aromatic nitrogens is 3. The molecule has 2 atom stereocenters. The van der Waals surface area contributed by atoms with Gasteiger partial charge in [0, 0.05) is 32.6 Å². The van der Waals surface area contributed by atoms with Gasteiger partial charge in [0.15, 0.2) is 11.8 Å². The Morgan fingerprint density at radius 2 is 2.00 bits per heavy atom. The molecule has 1 saturated heterocycles. The monoisotopic (exact) mass is 432 g/mol. The van der Waals surface area contributed by atoms with Gasteiger partial charge in [-0.1, -0.05) is 13.8 Å². The average Bonchev–Trinajstić information content (AvgIpc) is 3.06. The normalized spacial score (nSPS) is 24.3. The molecule has 1 aromatic heterocycles. The van der Waals surface area contributed by atoms with Crippen LogP contribution in [0.3, 0.4) is 0 Å². The molecule has 0 aromatic carbocycles. The minimum absolute atomic E-state index is 0. The highest BCUT2D eigenvalue weighted by Gasteiger charge is 2.24. The molecule has 3 heterocycles. The maximum Gasteiger partial charge on any atom is 0.194 e. The number of aliphatic imine (C=N–C) groups is 1. The molecule has 0 bridgehead atoms. The van der Waals surface area contributed by atoms with Gasteiger partial charge in [0.25, 0.3) is 0 Å². The van der Waals surface area contributed by atoms with E-state index in [0.717, 1.165) is 62.0 Å². The number of fused-ring (bicyclic) bond motifs is 1. The van der Waals surface area contributed by atoms with Gasteiger partial charge in [-0.05, 0) is 31.6 Å². The average molecular weight is 432 g/mol. The van der Waals surface area contributed by atoms with Crippen molar-refractivity contribution in [1.82, 2.24) is 25.0 Å². The summed E-state index contributed by atoms with van der Waals surface area (Å²) in [5, 5.41) is 12.0. The summed E-state index contributed by atoms with van der Waals surface area (Å²) in [6.45, 7) is 11.5. The van der Waals surface area contributed by atoms with E-state index in [0.29, 0.717) is 6.54 Å². The third-order valence-corrected chi connectivity index (χ3v) is 4.56. The lowest BCUT2D eigenvalue weighted by Gasteiger charge is -2.37. The van der Waals surface area contributed by atoms with Crippen molar-refractivity contribution in [2.24, 2.45) is 16.8 Å². The van der Waals surface area contributed by atoms with Gasteiger partial charge in [0.05, 0.1) is 0 Å². The van der Waals surface area contributed by atoms with Crippen LogP contribution in [-0.2, 0) is 19.5 Å². The molecule has 2 unspecified atom stereocenters. The van der Waals surface area contributed by atoms with Crippen molar-refractivity contribution in [2.45, 2.75) is 53.1 Å². The van der Waals surface area contributed by atoms with E-state index >= 15 is 0 Å². The zero-order valence-electron chi connectivity index (χ0n) is 14.5. The van der Waals surface area contributed by atoms with Gasteiger partial charge >= 0.3 is 0 Å². The number of hydrogen-bond acceptors (Lipinski definition) is 3. The van der Waals surface area contributed by atoms with Crippen molar-refractivity contribution in [1.29, 1.82) is 0 Å². The third kappa shape index (κ3) is 4.36. The Bertz CT molecular complexity index is 531. The Morgan fingerprint density at radius 3 is 2.70 bits per heavy atom. The van der Waals surface area contributed by atoms with Gasteiger partial charge in [-0.25, -0.2) is 4.99 Å². The van der Waals surface area contributed by atoms with E-state index in [1.807, 2.05) is 0 Å². The first kappa shape index (κ1) is 18.5. The number of likely N-dealkylation sites (tertiary alicyclic amines) is 1. The minimum Gasteiger partial charge on any atom is -0.357 e. The number of aryl methyl sites for hydroxylation is 1. The predicted octanol–water partition coefficient (Wildman–Crippen LogP) is 2.29. The van der Waals surface area contributed by atoms with E-state index in [1.165, 1.54) is 12.8 Å². The molecule has 7 heteroatoms. The standard InChI is InChI=1S/C16H28N6.HI/c1-4-17-16(21-10-12(2)8-13(3)11-21)18-9-15-20-19-14-6-5-7-22(14)15;/h12-13H,4-11H2,1-3H3,(H,17,18);1H. The maximum atomic E-state index is 4.83. The number of hydrogen-bond donors (Lipinski definition) is 1. The molecule has 3 rings (SSSR count). The lowest BCUT2D eigenvalue weighted by Crippen LogP contribution is -2.48. The number of nitrogens with one attached hydrogen (secondary N) is 1. The number of nitrogens with zero attached hydrogens (tertiary/aromatic N) is 5. The molecular formula is C16H29IN6. The predicted molar refractivity (Wildman–Crippen MR) is 103 cm³/mol. The van der Waals surface area contributed by atoms with Crippen molar-refractivity contribution < 1.29 is 0 Å². The highest BCUT2D eigenvalue weighted by molar-refractivity contribution is 14.0. The molecule has 0 radical (unpaired) electrons. The van der Waals surface area contributed by atoms with E-state index in [9.17, 15) is 0 Å². The van der Waals surface area contributed by atoms with Crippen LogP contribution in [0.2, 0.25) is 0 Å². The van der Waals surface area contributed by atoms with Gasteiger partial charge in [-0.3, -0.25) is 0 Å². The van der Waals surface area contributed by atoms with E-state index in [1.54, 1.807) is 0 Å². The van der Waals surface area contributed by atoms with E-state index in [2.05, 4.69) is 45.8 Å². The molecule has 0 saturated carbocycles. The van der Waals surface area contributed by atoms with Gasteiger partial charge in [-0.2, -0.15) is 0 Å². The van der Waals surface area contributed by atoms with Crippen molar-refractivity contribution in [3.63, 3.8) is 0 Å². The van der Waals surface area contributed by atoms with E-state index in [-0.39, 0.29) is 24.0 Å². The van der Waals surface area contributed by atoms with Crippen LogP contribution < -0.4 is 5.32 Å². The Kier molecular flexibility index (Phi) is 6.67. The first-order valence-electron chi connectivity index (χ1n) is 8.61. The second-order valence-corrected chi connectivity index (χ2v) is 6.81. The number of piperidine rings is 1. The fourth-order valence-corrected chi connectivity index (χ4v) is 3.73. The lowest BCUT2D eigenvalue weighted by atomic mass is 9.92. The largest absolute Gasteiger partial charge is 0.357 e.